The van der Waals surface area contributed by atoms with Crippen molar-refractivity contribution in [1.29, 1.82) is 0 Å². The van der Waals surface area contributed by atoms with Gasteiger partial charge in [0.2, 0.25) is 5.95 Å². The van der Waals surface area contributed by atoms with E-state index in [0.717, 1.165) is 38.2 Å². The van der Waals surface area contributed by atoms with E-state index >= 15 is 0 Å². The van der Waals surface area contributed by atoms with E-state index in [1.165, 1.54) is 0 Å². The van der Waals surface area contributed by atoms with Crippen molar-refractivity contribution in [2.24, 2.45) is 5.92 Å². The lowest BCUT2D eigenvalue weighted by Gasteiger charge is -2.15. The number of aliphatic hydroxyl groups excluding tert-OH is 1. The van der Waals surface area contributed by atoms with Crippen LogP contribution in [0.5, 0.6) is 0 Å². The lowest BCUT2D eigenvalue weighted by molar-refractivity contribution is 0.258. The maximum absolute atomic E-state index is 8.94. The molecule has 18 heavy (non-hydrogen) atoms. The molecule has 1 aromatic rings. The molecule has 1 heterocycles. The normalized spacial score (nSPS) is 12.2. The number of hydrogen-bond donors (Lipinski definition) is 3. The van der Waals surface area contributed by atoms with Crippen LogP contribution >= 0.6 is 0 Å². The first-order valence-corrected chi connectivity index (χ1v) is 6.71. The maximum atomic E-state index is 8.94. The number of anilines is 2. The molecule has 0 aromatic carbocycles. The predicted molar refractivity (Wildman–Crippen MR) is 74.8 cm³/mol. The van der Waals surface area contributed by atoms with Gasteiger partial charge in [0.1, 0.15) is 5.82 Å². The first kappa shape index (κ1) is 14.7. The topological polar surface area (TPSA) is 70.1 Å². The Hall–Kier alpha value is -1.36. The molecule has 0 spiro atoms. The van der Waals surface area contributed by atoms with Gasteiger partial charge in [0.25, 0.3) is 0 Å². The van der Waals surface area contributed by atoms with Crippen LogP contribution in [0.3, 0.4) is 0 Å². The number of hydrogen-bond acceptors (Lipinski definition) is 5. The number of rotatable bonds is 9. The molecule has 102 valence electrons. The van der Waals surface area contributed by atoms with Crippen LogP contribution in [-0.4, -0.2) is 34.8 Å². The Morgan fingerprint density at radius 3 is 2.83 bits per heavy atom. The maximum Gasteiger partial charge on any atom is 0.224 e. The minimum atomic E-state index is 0.243. The minimum Gasteiger partial charge on any atom is -0.396 e. The fourth-order valence-corrected chi connectivity index (χ4v) is 1.66. The first-order chi connectivity index (χ1) is 8.80. The van der Waals surface area contributed by atoms with Crippen LogP contribution in [0, 0.1) is 5.92 Å². The summed E-state index contributed by atoms with van der Waals surface area (Å²) in [5, 5.41) is 15.4. The van der Waals surface area contributed by atoms with Gasteiger partial charge < -0.3 is 15.7 Å². The van der Waals surface area contributed by atoms with Crippen LogP contribution in [0.15, 0.2) is 12.3 Å². The zero-order valence-electron chi connectivity index (χ0n) is 11.3. The van der Waals surface area contributed by atoms with Crippen LogP contribution in [-0.2, 0) is 0 Å². The summed E-state index contributed by atoms with van der Waals surface area (Å²) in [5.74, 6) is 1.98. The Bertz CT molecular complexity index is 333. The molecular formula is C13H24N4O. The summed E-state index contributed by atoms with van der Waals surface area (Å²) in [6, 6.07) is 1.86. The van der Waals surface area contributed by atoms with Gasteiger partial charge in [-0.2, -0.15) is 4.98 Å². The zero-order chi connectivity index (χ0) is 13.2. The summed E-state index contributed by atoms with van der Waals surface area (Å²) < 4.78 is 0. The highest BCUT2D eigenvalue weighted by Crippen LogP contribution is 2.11. The third-order valence-electron chi connectivity index (χ3n) is 2.88. The standard InChI is InChI=1S/C13H24N4O/c1-3-7-14-13-15-8-5-12(17-13)16-10-11(4-2)6-9-18/h5,8,11,18H,3-4,6-7,9-10H2,1-2H3,(H2,14,15,16,17). The number of aliphatic hydroxyl groups is 1. The lowest BCUT2D eigenvalue weighted by Crippen LogP contribution is -2.16. The Kier molecular flexibility index (Phi) is 7.10. The highest BCUT2D eigenvalue weighted by atomic mass is 16.3. The van der Waals surface area contributed by atoms with E-state index in [-0.39, 0.29) is 6.61 Å². The summed E-state index contributed by atoms with van der Waals surface area (Å²) >= 11 is 0. The number of nitrogens with zero attached hydrogens (tertiary/aromatic N) is 2. The van der Waals surface area contributed by atoms with E-state index in [0.29, 0.717) is 11.9 Å². The molecule has 0 saturated heterocycles. The molecule has 0 saturated carbocycles. The number of nitrogens with one attached hydrogen (secondary N) is 2. The van der Waals surface area contributed by atoms with Crippen LogP contribution in [0.1, 0.15) is 33.1 Å². The fraction of sp³-hybridized carbons (Fsp3) is 0.692. The van der Waals surface area contributed by atoms with E-state index in [9.17, 15) is 0 Å². The van der Waals surface area contributed by atoms with Crippen LogP contribution in [0.4, 0.5) is 11.8 Å². The number of aromatic nitrogens is 2. The van der Waals surface area contributed by atoms with E-state index in [4.69, 9.17) is 5.11 Å². The fourth-order valence-electron chi connectivity index (χ4n) is 1.66. The van der Waals surface area contributed by atoms with Crippen molar-refractivity contribution in [3.05, 3.63) is 12.3 Å². The van der Waals surface area contributed by atoms with Crippen molar-refractivity contribution in [1.82, 2.24) is 9.97 Å². The second kappa shape index (κ2) is 8.69. The van der Waals surface area contributed by atoms with Gasteiger partial charge in [0, 0.05) is 25.9 Å². The SMILES string of the molecule is CCCNc1nccc(NCC(CC)CCO)n1. The zero-order valence-corrected chi connectivity index (χ0v) is 11.3. The molecule has 0 radical (unpaired) electrons. The Labute approximate surface area is 109 Å². The van der Waals surface area contributed by atoms with Crippen LogP contribution < -0.4 is 10.6 Å². The monoisotopic (exact) mass is 252 g/mol. The molecule has 0 amide bonds. The van der Waals surface area contributed by atoms with Crippen molar-refractivity contribution in [3.63, 3.8) is 0 Å². The summed E-state index contributed by atoms with van der Waals surface area (Å²) in [6.07, 6.45) is 4.69. The van der Waals surface area contributed by atoms with Gasteiger partial charge in [-0.05, 0) is 24.8 Å². The highest BCUT2D eigenvalue weighted by Gasteiger charge is 2.06. The molecule has 1 unspecified atom stereocenters. The molecule has 0 bridgehead atoms. The summed E-state index contributed by atoms with van der Waals surface area (Å²) in [7, 11) is 0. The molecule has 1 rings (SSSR count). The molecule has 0 aliphatic carbocycles. The Morgan fingerprint density at radius 1 is 1.33 bits per heavy atom. The molecule has 1 aromatic heterocycles. The van der Waals surface area contributed by atoms with Gasteiger partial charge in [0.15, 0.2) is 0 Å². The Morgan fingerprint density at radius 2 is 2.17 bits per heavy atom. The van der Waals surface area contributed by atoms with E-state index < -0.39 is 0 Å². The largest absolute Gasteiger partial charge is 0.396 e. The predicted octanol–water partition coefficient (Wildman–Crippen LogP) is 2.12. The van der Waals surface area contributed by atoms with Gasteiger partial charge in [-0.25, -0.2) is 4.98 Å². The van der Waals surface area contributed by atoms with Gasteiger partial charge >= 0.3 is 0 Å². The molecule has 5 heteroatoms. The van der Waals surface area contributed by atoms with Crippen molar-refractivity contribution >= 4 is 11.8 Å². The molecule has 0 fully saturated rings. The molecule has 1 atom stereocenters. The van der Waals surface area contributed by atoms with Gasteiger partial charge in [0.05, 0.1) is 0 Å². The first-order valence-electron chi connectivity index (χ1n) is 6.71. The van der Waals surface area contributed by atoms with Gasteiger partial charge in [-0.15, -0.1) is 0 Å². The van der Waals surface area contributed by atoms with Crippen LogP contribution in [0.2, 0.25) is 0 Å². The third-order valence-corrected chi connectivity index (χ3v) is 2.88. The average molecular weight is 252 g/mol. The van der Waals surface area contributed by atoms with Crippen LogP contribution in [0.25, 0.3) is 0 Å². The molecule has 0 aliphatic rings. The molecular weight excluding hydrogens is 228 g/mol. The summed E-state index contributed by atoms with van der Waals surface area (Å²) in [6.45, 7) is 6.20. The van der Waals surface area contributed by atoms with Crippen molar-refractivity contribution in [3.8, 4) is 0 Å². The summed E-state index contributed by atoms with van der Waals surface area (Å²) in [4.78, 5) is 8.54. The Balaban J connectivity index is 2.45. The quantitative estimate of drug-likeness (QED) is 0.628. The second-order valence-corrected chi connectivity index (χ2v) is 4.36. The van der Waals surface area contributed by atoms with Crippen molar-refractivity contribution in [2.45, 2.75) is 33.1 Å². The molecule has 3 N–H and O–H groups in total. The molecule has 5 nitrogen and oxygen atoms in total. The lowest BCUT2D eigenvalue weighted by atomic mass is 10.0. The average Bonchev–Trinajstić information content (AvgIpc) is 2.41. The van der Waals surface area contributed by atoms with Gasteiger partial charge in [-0.1, -0.05) is 20.3 Å². The molecule has 0 aliphatic heterocycles. The van der Waals surface area contributed by atoms with E-state index in [1.807, 2.05) is 6.07 Å². The second-order valence-electron chi connectivity index (χ2n) is 4.36. The van der Waals surface area contributed by atoms with Crippen molar-refractivity contribution in [2.75, 3.05) is 30.3 Å². The third kappa shape index (κ3) is 5.31. The van der Waals surface area contributed by atoms with E-state index in [1.54, 1.807) is 6.20 Å². The smallest absolute Gasteiger partial charge is 0.224 e. The minimum absolute atomic E-state index is 0.243. The van der Waals surface area contributed by atoms with E-state index in [2.05, 4.69) is 34.4 Å². The van der Waals surface area contributed by atoms with Crippen molar-refractivity contribution < 1.29 is 5.11 Å². The van der Waals surface area contributed by atoms with Gasteiger partial charge in [-0.3, -0.25) is 0 Å². The highest BCUT2D eigenvalue weighted by molar-refractivity contribution is 5.39. The summed E-state index contributed by atoms with van der Waals surface area (Å²) in [5.41, 5.74) is 0.